The first-order valence-corrected chi connectivity index (χ1v) is 10.6. The predicted octanol–water partition coefficient (Wildman–Crippen LogP) is 4.47. The van der Waals surface area contributed by atoms with E-state index in [1.54, 1.807) is 51.1 Å². The fraction of sp³-hybridized carbons (Fsp3) is 0.292. The molecule has 168 valence electrons. The largest absolute Gasteiger partial charge is 0.508 e. The van der Waals surface area contributed by atoms with Crippen molar-refractivity contribution in [1.29, 1.82) is 0 Å². The van der Waals surface area contributed by atoms with Crippen molar-refractivity contribution in [3.05, 3.63) is 64.3 Å². The molecule has 0 saturated heterocycles. The molecule has 1 amide bonds. The third-order valence-corrected chi connectivity index (χ3v) is 6.15. The van der Waals surface area contributed by atoms with Crippen molar-refractivity contribution in [2.75, 3.05) is 0 Å². The minimum absolute atomic E-state index is 0.0114. The maximum absolute atomic E-state index is 13.4. The van der Waals surface area contributed by atoms with Crippen LogP contribution < -0.4 is 5.32 Å². The van der Waals surface area contributed by atoms with E-state index in [4.69, 9.17) is 11.6 Å². The highest BCUT2D eigenvalue weighted by atomic mass is 35.5. The number of aromatic nitrogens is 1. The molecule has 3 N–H and O–H groups in total. The van der Waals surface area contributed by atoms with Crippen molar-refractivity contribution in [3.63, 3.8) is 0 Å². The summed E-state index contributed by atoms with van der Waals surface area (Å²) in [4.78, 5) is 38.0. The summed E-state index contributed by atoms with van der Waals surface area (Å²) in [6.07, 6.45) is 0.204. The molecule has 0 spiro atoms. The van der Waals surface area contributed by atoms with Crippen LogP contribution in [-0.4, -0.2) is 38.1 Å². The van der Waals surface area contributed by atoms with Crippen molar-refractivity contribution in [1.82, 2.24) is 9.88 Å². The SMILES string of the molecule is CCC(C)(NC(=O)[C@H](C)c1c(C)n(C(=O)c2cccc(Cl)c2)c2ccc(O)cc12)C(=O)O. The van der Waals surface area contributed by atoms with E-state index in [2.05, 4.69) is 5.32 Å². The number of nitrogens with zero attached hydrogens (tertiary/aromatic N) is 1. The van der Waals surface area contributed by atoms with Gasteiger partial charge in [-0.1, -0.05) is 24.6 Å². The first kappa shape index (κ1) is 23.3. The number of carboxylic acid groups (broad SMARTS) is 1. The van der Waals surface area contributed by atoms with Crippen LogP contribution in [0.3, 0.4) is 0 Å². The number of carboxylic acids is 1. The predicted molar refractivity (Wildman–Crippen MR) is 122 cm³/mol. The minimum Gasteiger partial charge on any atom is -0.508 e. The zero-order chi connectivity index (χ0) is 23.8. The van der Waals surface area contributed by atoms with Crippen LogP contribution in [0, 0.1) is 6.92 Å². The van der Waals surface area contributed by atoms with Crippen LogP contribution in [0.2, 0.25) is 5.02 Å². The van der Waals surface area contributed by atoms with Crippen LogP contribution in [0.15, 0.2) is 42.5 Å². The molecular weight excluding hydrogens is 432 g/mol. The van der Waals surface area contributed by atoms with Crippen molar-refractivity contribution >= 4 is 40.3 Å². The Morgan fingerprint density at radius 1 is 1.19 bits per heavy atom. The van der Waals surface area contributed by atoms with Gasteiger partial charge >= 0.3 is 5.97 Å². The maximum Gasteiger partial charge on any atom is 0.329 e. The number of rotatable bonds is 6. The summed E-state index contributed by atoms with van der Waals surface area (Å²) in [5.41, 5.74) is 0.533. The summed E-state index contributed by atoms with van der Waals surface area (Å²) >= 11 is 6.06. The van der Waals surface area contributed by atoms with E-state index < -0.39 is 23.3 Å². The molecule has 0 bridgehead atoms. The van der Waals surface area contributed by atoms with Crippen LogP contribution in [0.5, 0.6) is 5.75 Å². The number of amides is 1. The number of nitrogens with one attached hydrogen (secondary N) is 1. The Morgan fingerprint density at radius 3 is 2.47 bits per heavy atom. The average molecular weight is 457 g/mol. The van der Waals surface area contributed by atoms with Gasteiger partial charge in [0.25, 0.3) is 5.91 Å². The molecule has 0 saturated carbocycles. The van der Waals surface area contributed by atoms with Crippen molar-refractivity contribution in [3.8, 4) is 5.75 Å². The van der Waals surface area contributed by atoms with Crippen LogP contribution in [0.4, 0.5) is 0 Å². The number of carbonyl (C=O) groups excluding carboxylic acids is 2. The zero-order valence-corrected chi connectivity index (χ0v) is 19.0. The standard InChI is InChI=1S/C24H25ClN2O5/c1-5-24(4,23(31)32)26-21(29)13(2)20-14(3)27(19-10-9-17(28)12-18(19)20)22(30)15-7-6-8-16(25)11-15/h6-13,28H,5H2,1-4H3,(H,26,29)(H,31,32)/t13-,24?/m1/s1. The van der Waals surface area contributed by atoms with Gasteiger partial charge in [0.1, 0.15) is 11.3 Å². The number of aliphatic carboxylic acids is 1. The molecule has 1 heterocycles. The number of phenols is 1. The van der Waals surface area contributed by atoms with E-state index in [-0.39, 0.29) is 18.1 Å². The first-order chi connectivity index (χ1) is 15.0. The van der Waals surface area contributed by atoms with Crippen LogP contribution >= 0.6 is 11.6 Å². The molecule has 0 aliphatic rings. The number of hydrogen-bond acceptors (Lipinski definition) is 4. The molecule has 0 aliphatic carbocycles. The van der Waals surface area contributed by atoms with E-state index in [1.165, 1.54) is 23.6 Å². The molecule has 2 aromatic carbocycles. The fourth-order valence-corrected chi connectivity index (χ4v) is 3.98. The molecular formula is C24H25ClN2O5. The lowest BCUT2D eigenvalue weighted by atomic mass is 9.93. The van der Waals surface area contributed by atoms with Gasteiger partial charge in [-0.05, 0) is 69.2 Å². The molecule has 3 aromatic rings. The highest BCUT2D eigenvalue weighted by Gasteiger charge is 2.35. The van der Waals surface area contributed by atoms with Gasteiger partial charge < -0.3 is 15.5 Å². The first-order valence-electron chi connectivity index (χ1n) is 10.2. The number of aromatic hydroxyl groups is 1. The number of benzene rings is 2. The summed E-state index contributed by atoms with van der Waals surface area (Å²) in [6, 6.07) is 11.1. The molecule has 32 heavy (non-hydrogen) atoms. The normalized spacial score (nSPS) is 14.0. The summed E-state index contributed by atoms with van der Waals surface area (Å²) in [7, 11) is 0. The van der Waals surface area contributed by atoms with Gasteiger partial charge in [0, 0.05) is 21.7 Å². The van der Waals surface area contributed by atoms with Crippen LogP contribution in [-0.2, 0) is 9.59 Å². The fourth-order valence-electron chi connectivity index (χ4n) is 3.79. The van der Waals surface area contributed by atoms with Gasteiger partial charge in [0.05, 0.1) is 11.4 Å². The van der Waals surface area contributed by atoms with Crippen LogP contribution in [0.1, 0.15) is 54.7 Å². The average Bonchev–Trinajstić information content (AvgIpc) is 3.03. The Kier molecular flexibility index (Phi) is 6.32. The van der Waals surface area contributed by atoms with E-state index in [0.29, 0.717) is 32.7 Å². The van der Waals surface area contributed by atoms with Gasteiger partial charge in [-0.3, -0.25) is 14.2 Å². The molecule has 8 heteroatoms. The van der Waals surface area contributed by atoms with Crippen LogP contribution in [0.25, 0.3) is 10.9 Å². The van der Waals surface area contributed by atoms with E-state index in [9.17, 15) is 24.6 Å². The molecule has 0 radical (unpaired) electrons. The second-order valence-corrected chi connectivity index (χ2v) is 8.49. The van der Waals surface area contributed by atoms with E-state index >= 15 is 0 Å². The molecule has 1 aromatic heterocycles. The molecule has 0 fully saturated rings. The third kappa shape index (κ3) is 4.08. The van der Waals surface area contributed by atoms with Gasteiger partial charge in [-0.25, -0.2) is 4.79 Å². The Bertz CT molecular complexity index is 1230. The number of fused-ring (bicyclic) bond motifs is 1. The van der Waals surface area contributed by atoms with Crippen molar-refractivity contribution in [2.45, 2.75) is 45.6 Å². The Hall–Kier alpha value is -3.32. The molecule has 7 nitrogen and oxygen atoms in total. The van der Waals surface area contributed by atoms with Gasteiger partial charge in [-0.15, -0.1) is 0 Å². The third-order valence-electron chi connectivity index (χ3n) is 5.92. The summed E-state index contributed by atoms with van der Waals surface area (Å²) < 4.78 is 1.48. The number of carbonyl (C=O) groups is 3. The lowest BCUT2D eigenvalue weighted by Gasteiger charge is -2.26. The van der Waals surface area contributed by atoms with Crippen molar-refractivity contribution < 1.29 is 24.6 Å². The lowest BCUT2D eigenvalue weighted by Crippen LogP contribution is -2.52. The minimum atomic E-state index is -1.42. The Labute approximate surface area is 190 Å². The maximum atomic E-state index is 13.4. The quantitative estimate of drug-likeness (QED) is 0.507. The second kappa shape index (κ2) is 8.67. The highest BCUT2D eigenvalue weighted by Crippen LogP contribution is 2.35. The van der Waals surface area contributed by atoms with Gasteiger partial charge in [-0.2, -0.15) is 0 Å². The summed E-state index contributed by atoms with van der Waals surface area (Å²) in [6.45, 7) is 6.49. The second-order valence-electron chi connectivity index (χ2n) is 8.05. The van der Waals surface area contributed by atoms with Gasteiger partial charge in [0.15, 0.2) is 0 Å². The van der Waals surface area contributed by atoms with E-state index in [0.717, 1.165) is 0 Å². The van der Waals surface area contributed by atoms with Crippen molar-refractivity contribution in [2.24, 2.45) is 0 Å². The topological polar surface area (TPSA) is 109 Å². The molecule has 2 atom stereocenters. The monoisotopic (exact) mass is 456 g/mol. The molecule has 0 aliphatic heterocycles. The number of halogens is 1. The Balaban J connectivity index is 2.15. The smallest absolute Gasteiger partial charge is 0.329 e. The number of hydrogen-bond donors (Lipinski definition) is 3. The van der Waals surface area contributed by atoms with Gasteiger partial charge in [0.2, 0.25) is 5.91 Å². The zero-order valence-electron chi connectivity index (χ0n) is 18.3. The summed E-state index contributed by atoms with van der Waals surface area (Å²) in [5.74, 6) is -2.74. The summed E-state index contributed by atoms with van der Waals surface area (Å²) in [5, 5.41) is 23.2. The Morgan fingerprint density at radius 2 is 1.88 bits per heavy atom. The number of phenolic OH excluding ortho intramolecular Hbond substituents is 1. The highest BCUT2D eigenvalue weighted by molar-refractivity contribution is 6.31. The lowest BCUT2D eigenvalue weighted by molar-refractivity contribution is -0.147. The van der Waals surface area contributed by atoms with E-state index in [1.807, 2.05) is 0 Å². The molecule has 3 rings (SSSR count). The molecule has 1 unspecified atom stereocenters.